The number of fused-ring (bicyclic) bond motifs is 1. The fourth-order valence-corrected chi connectivity index (χ4v) is 2.74. The van der Waals surface area contributed by atoms with Gasteiger partial charge in [0.05, 0.1) is 22.2 Å². The first kappa shape index (κ1) is 17.4. The summed E-state index contributed by atoms with van der Waals surface area (Å²) in [6, 6.07) is 1.79. The highest BCUT2D eigenvalue weighted by Crippen LogP contribution is 2.28. The molecule has 126 valence electrons. The van der Waals surface area contributed by atoms with E-state index in [-0.39, 0.29) is 11.8 Å². The highest BCUT2D eigenvalue weighted by atomic mass is 16.5. The molecule has 0 radical (unpaired) electrons. The van der Waals surface area contributed by atoms with E-state index in [2.05, 4.69) is 15.5 Å². The van der Waals surface area contributed by atoms with Crippen LogP contribution in [0, 0.1) is 6.92 Å². The van der Waals surface area contributed by atoms with Gasteiger partial charge in [0.25, 0.3) is 11.6 Å². The average Bonchev–Trinajstić information content (AvgIpc) is 2.95. The number of amides is 1. The number of pyridine rings is 1. The minimum Gasteiger partial charge on any atom is -0.345 e. The Kier molecular flexibility index (Phi) is 5.04. The van der Waals surface area contributed by atoms with Crippen LogP contribution in [0.2, 0.25) is 0 Å². The van der Waals surface area contributed by atoms with Gasteiger partial charge in [-0.25, -0.2) is 4.98 Å². The van der Waals surface area contributed by atoms with Gasteiger partial charge in [-0.15, -0.1) is 0 Å². The third kappa shape index (κ3) is 3.22. The lowest BCUT2D eigenvalue weighted by Crippen LogP contribution is -2.52. The number of aryl methyl sites for hydroxylation is 1. The zero-order chi connectivity index (χ0) is 17.2. The van der Waals surface area contributed by atoms with Crippen molar-refractivity contribution in [3.8, 4) is 0 Å². The Bertz CT molecular complexity index is 694. The summed E-state index contributed by atoms with van der Waals surface area (Å²) >= 11 is 0. The smallest absolute Gasteiger partial charge is 0.259 e. The van der Waals surface area contributed by atoms with E-state index in [1.165, 1.54) is 0 Å². The average molecular weight is 318 g/mol. The van der Waals surface area contributed by atoms with Gasteiger partial charge in [0.15, 0.2) is 0 Å². The number of rotatable bonds is 6. The first-order valence-electron chi connectivity index (χ1n) is 8.17. The molecule has 6 nitrogen and oxygen atoms in total. The molecule has 2 aromatic heterocycles. The molecular formula is C17H26N4O2. The lowest BCUT2D eigenvalue weighted by Gasteiger charge is -2.31. The molecule has 0 aliphatic carbocycles. The summed E-state index contributed by atoms with van der Waals surface area (Å²) < 4.78 is 5.33. The van der Waals surface area contributed by atoms with Crippen molar-refractivity contribution in [2.75, 3.05) is 6.54 Å². The van der Waals surface area contributed by atoms with Gasteiger partial charge in [-0.3, -0.25) is 4.79 Å². The largest absolute Gasteiger partial charge is 0.345 e. The van der Waals surface area contributed by atoms with Crippen molar-refractivity contribution in [1.29, 1.82) is 0 Å². The Morgan fingerprint density at radius 2 is 2.04 bits per heavy atom. The minimum absolute atomic E-state index is 0.143. The predicted octanol–water partition coefficient (Wildman–Crippen LogP) is 2.90. The molecule has 0 atom stereocenters. The van der Waals surface area contributed by atoms with Gasteiger partial charge in [0.2, 0.25) is 0 Å². The van der Waals surface area contributed by atoms with E-state index < -0.39 is 5.54 Å². The molecular weight excluding hydrogens is 292 g/mol. The van der Waals surface area contributed by atoms with E-state index in [1.807, 2.05) is 34.6 Å². The molecule has 3 N–H and O–H groups in total. The number of aromatic nitrogens is 2. The summed E-state index contributed by atoms with van der Waals surface area (Å²) in [5.74, 6) is -0.0105. The molecule has 0 bridgehead atoms. The third-order valence-electron chi connectivity index (χ3n) is 4.52. The fourth-order valence-electron chi connectivity index (χ4n) is 2.74. The minimum atomic E-state index is -0.393. The van der Waals surface area contributed by atoms with Crippen molar-refractivity contribution in [2.24, 2.45) is 5.73 Å². The van der Waals surface area contributed by atoms with E-state index in [9.17, 15) is 4.79 Å². The number of carbonyl (C=O) groups is 1. The molecule has 2 rings (SSSR count). The number of hydrogen-bond acceptors (Lipinski definition) is 5. The highest BCUT2D eigenvalue weighted by molar-refractivity contribution is 6.06. The van der Waals surface area contributed by atoms with Crippen molar-refractivity contribution in [1.82, 2.24) is 15.5 Å². The van der Waals surface area contributed by atoms with Crippen molar-refractivity contribution >= 4 is 17.0 Å². The molecule has 0 aliphatic rings. The van der Waals surface area contributed by atoms with E-state index in [0.717, 1.165) is 24.2 Å². The third-order valence-corrected chi connectivity index (χ3v) is 4.52. The molecule has 6 heteroatoms. The zero-order valence-electron chi connectivity index (χ0n) is 14.6. The predicted molar refractivity (Wildman–Crippen MR) is 90.5 cm³/mol. The van der Waals surface area contributed by atoms with Crippen LogP contribution in [0.1, 0.15) is 68.2 Å². The Labute approximate surface area is 136 Å². The van der Waals surface area contributed by atoms with E-state index in [0.29, 0.717) is 23.2 Å². The number of nitrogens with zero attached hydrogens (tertiary/aromatic N) is 2. The van der Waals surface area contributed by atoms with E-state index in [4.69, 9.17) is 10.3 Å². The second-order valence-corrected chi connectivity index (χ2v) is 6.36. The molecule has 1 amide bonds. The van der Waals surface area contributed by atoms with Crippen molar-refractivity contribution in [2.45, 2.75) is 58.9 Å². The van der Waals surface area contributed by atoms with Gasteiger partial charge in [-0.05, 0) is 31.7 Å². The van der Waals surface area contributed by atoms with Crippen LogP contribution in [-0.4, -0.2) is 28.1 Å². The summed E-state index contributed by atoms with van der Waals surface area (Å²) in [6.45, 7) is 10.3. The van der Waals surface area contributed by atoms with Crippen LogP contribution in [0.15, 0.2) is 10.6 Å². The van der Waals surface area contributed by atoms with Gasteiger partial charge in [-0.1, -0.05) is 32.9 Å². The summed E-state index contributed by atoms with van der Waals surface area (Å²) in [5, 5.41) is 7.90. The first-order valence-corrected chi connectivity index (χ1v) is 8.17. The maximum absolute atomic E-state index is 12.9. The Hall–Kier alpha value is -1.95. The number of hydrogen-bond donors (Lipinski definition) is 2. The topological polar surface area (TPSA) is 94.0 Å². The zero-order valence-corrected chi connectivity index (χ0v) is 14.6. The molecule has 0 spiro atoms. The van der Waals surface area contributed by atoms with Gasteiger partial charge in [-0.2, -0.15) is 0 Å². The number of carbonyl (C=O) groups excluding carboxylic acids is 1. The fraction of sp³-hybridized carbons (Fsp3) is 0.588. The van der Waals surface area contributed by atoms with Crippen LogP contribution < -0.4 is 11.1 Å². The lowest BCUT2D eigenvalue weighted by atomic mass is 9.92. The van der Waals surface area contributed by atoms with E-state index >= 15 is 0 Å². The molecule has 23 heavy (non-hydrogen) atoms. The van der Waals surface area contributed by atoms with Crippen LogP contribution in [0.25, 0.3) is 11.1 Å². The number of nitrogens with one attached hydrogen (secondary N) is 1. The van der Waals surface area contributed by atoms with Crippen molar-refractivity contribution in [3.63, 3.8) is 0 Å². The van der Waals surface area contributed by atoms with E-state index in [1.54, 1.807) is 6.07 Å². The van der Waals surface area contributed by atoms with Crippen molar-refractivity contribution in [3.05, 3.63) is 23.0 Å². The van der Waals surface area contributed by atoms with Gasteiger partial charge >= 0.3 is 0 Å². The quantitative estimate of drug-likeness (QED) is 0.854. The number of nitrogens with two attached hydrogens (primary N) is 1. The van der Waals surface area contributed by atoms with Gasteiger partial charge in [0, 0.05) is 12.2 Å². The first-order chi connectivity index (χ1) is 10.9. The van der Waals surface area contributed by atoms with Crippen LogP contribution in [0.3, 0.4) is 0 Å². The van der Waals surface area contributed by atoms with Crippen molar-refractivity contribution < 1.29 is 9.32 Å². The second kappa shape index (κ2) is 6.66. The van der Waals surface area contributed by atoms with Gasteiger partial charge in [0.1, 0.15) is 0 Å². The highest BCUT2D eigenvalue weighted by Gasteiger charge is 2.29. The molecule has 0 fully saturated rings. The Morgan fingerprint density at radius 1 is 1.39 bits per heavy atom. The van der Waals surface area contributed by atoms with Crippen LogP contribution in [0.4, 0.5) is 0 Å². The lowest BCUT2D eigenvalue weighted by molar-refractivity contribution is 0.0896. The Balaban J connectivity index is 2.53. The molecule has 2 aromatic rings. The standard InChI is InChI=1S/C17H26N4O2/c1-6-17(7-2,9-18)20-15(22)12-8-11(5)19-16-13(12)14(10(3)4)21-23-16/h8,10H,6-7,9,18H2,1-5H3,(H,20,22). The summed E-state index contributed by atoms with van der Waals surface area (Å²) in [7, 11) is 0. The van der Waals surface area contributed by atoms with Crippen LogP contribution >= 0.6 is 0 Å². The van der Waals surface area contributed by atoms with Crippen LogP contribution in [-0.2, 0) is 0 Å². The molecule has 0 unspecified atom stereocenters. The molecule has 0 saturated carbocycles. The molecule has 2 heterocycles. The van der Waals surface area contributed by atoms with Gasteiger partial charge < -0.3 is 15.6 Å². The normalized spacial score (nSPS) is 12.1. The SMILES string of the molecule is CCC(CC)(CN)NC(=O)c1cc(C)nc2onc(C(C)C)c12. The molecule has 0 aliphatic heterocycles. The summed E-state index contributed by atoms with van der Waals surface area (Å²) in [4.78, 5) is 17.3. The second-order valence-electron chi connectivity index (χ2n) is 6.36. The maximum atomic E-state index is 12.9. The van der Waals surface area contributed by atoms with Crippen LogP contribution in [0.5, 0.6) is 0 Å². The maximum Gasteiger partial charge on any atom is 0.259 e. The Morgan fingerprint density at radius 3 is 2.57 bits per heavy atom. The monoisotopic (exact) mass is 318 g/mol. The molecule has 0 saturated heterocycles. The molecule has 0 aromatic carbocycles. The summed E-state index contributed by atoms with van der Waals surface area (Å²) in [5.41, 5.74) is 7.94. The summed E-state index contributed by atoms with van der Waals surface area (Å²) in [6.07, 6.45) is 1.55.